The third kappa shape index (κ3) is 3.77. The van der Waals surface area contributed by atoms with Crippen molar-refractivity contribution in [2.24, 2.45) is 0 Å². The van der Waals surface area contributed by atoms with Crippen molar-refractivity contribution in [3.05, 3.63) is 0 Å². The maximum Gasteiger partial charge on any atom is 0.217 e. The third-order valence-corrected chi connectivity index (χ3v) is 2.65. The van der Waals surface area contributed by atoms with Crippen LogP contribution in [0.4, 0.5) is 0 Å². The van der Waals surface area contributed by atoms with E-state index in [0.29, 0.717) is 12.6 Å². The fraction of sp³-hybridized carbons (Fsp3) is 0.900. The predicted molar refractivity (Wildman–Crippen MR) is 56.7 cm³/mol. The Labute approximate surface area is 90.5 Å². The predicted octanol–water partition coefficient (Wildman–Crippen LogP) is -0.486. The van der Waals surface area contributed by atoms with Gasteiger partial charge in [0.1, 0.15) is 0 Å². The number of carbonyl (C=O) groups is 1. The van der Waals surface area contributed by atoms with Crippen LogP contribution in [0, 0.1) is 0 Å². The molecule has 0 aromatic heterocycles. The molecule has 1 aliphatic heterocycles. The lowest BCUT2D eigenvalue weighted by Crippen LogP contribution is -2.57. The average Bonchev–Trinajstić information content (AvgIpc) is 2.18. The Balaban J connectivity index is 2.48. The van der Waals surface area contributed by atoms with Crippen LogP contribution < -0.4 is 10.6 Å². The molecule has 15 heavy (non-hydrogen) atoms. The number of hydrogen-bond acceptors (Lipinski definition) is 4. The maximum atomic E-state index is 11.0. The molecule has 0 aromatic rings. The van der Waals surface area contributed by atoms with Crippen molar-refractivity contribution < 1.29 is 14.3 Å². The van der Waals surface area contributed by atoms with E-state index in [9.17, 15) is 4.79 Å². The van der Waals surface area contributed by atoms with Gasteiger partial charge >= 0.3 is 0 Å². The molecule has 1 fully saturated rings. The molecule has 1 amide bonds. The minimum atomic E-state index is -0.0138. The highest BCUT2D eigenvalue weighted by molar-refractivity contribution is 5.73. The normalized spacial score (nSPS) is 31.3. The van der Waals surface area contributed by atoms with E-state index in [1.807, 2.05) is 0 Å². The summed E-state index contributed by atoms with van der Waals surface area (Å²) in [5.41, 5.74) is 0. The molecule has 0 unspecified atom stereocenters. The van der Waals surface area contributed by atoms with E-state index in [2.05, 4.69) is 10.6 Å². The van der Waals surface area contributed by atoms with Crippen LogP contribution in [0.5, 0.6) is 0 Å². The fourth-order valence-electron chi connectivity index (χ4n) is 1.96. The van der Waals surface area contributed by atoms with Gasteiger partial charge in [-0.15, -0.1) is 0 Å². The molecule has 1 aliphatic rings. The highest BCUT2D eigenvalue weighted by Crippen LogP contribution is 2.12. The molecule has 0 aromatic carbocycles. The zero-order chi connectivity index (χ0) is 11.3. The molecule has 0 saturated carbocycles. The van der Waals surface area contributed by atoms with Crippen molar-refractivity contribution in [1.82, 2.24) is 10.6 Å². The summed E-state index contributed by atoms with van der Waals surface area (Å²) in [6.45, 7) is 2.93. The number of piperidine rings is 1. The topological polar surface area (TPSA) is 59.6 Å². The Morgan fingerprint density at radius 3 is 2.80 bits per heavy atom. The number of rotatable bonds is 4. The number of ether oxygens (including phenoxy) is 2. The van der Waals surface area contributed by atoms with Crippen molar-refractivity contribution in [3.63, 3.8) is 0 Å². The average molecular weight is 216 g/mol. The van der Waals surface area contributed by atoms with Crippen LogP contribution in [0.25, 0.3) is 0 Å². The number of methoxy groups -OCH3 is 2. The molecule has 1 saturated heterocycles. The minimum absolute atomic E-state index is 0.0138. The van der Waals surface area contributed by atoms with Crippen LogP contribution in [0.2, 0.25) is 0 Å². The van der Waals surface area contributed by atoms with Gasteiger partial charge in [0.15, 0.2) is 0 Å². The van der Waals surface area contributed by atoms with Gasteiger partial charge < -0.3 is 20.1 Å². The second kappa shape index (κ2) is 6.05. The summed E-state index contributed by atoms with van der Waals surface area (Å²) in [6, 6.07) is 0.368. The summed E-state index contributed by atoms with van der Waals surface area (Å²) in [4.78, 5) is 11.0. The van der Waals surface area contributed by atoms with Crippen LogP contribution in [0.1, 0.15) is 13.3 Å². The molecular formula is C10H20N2O3. The lowest BCUT2D eigenvalue weighted by molar-refractivity contribution is -0.121. The smallest absolute Gasteiger partial charge is 0.217 e. The largest absolute Gasteiger partial charge is 0.383 e. The van der Waals surface area contributed by atoms with Gasteiger partial charge in [0.25, 0.3) is 0 Å². The Morgan fingerprint density at radius 1 is 1.53 bits per heavy atom. The molecule has 88 valence electrons. The quantitative estimate of drug-likeness (QED) is 0.666. The molecule has 0 aliphatic carbocycles. The Morgan fingerprint density at radius 2 is 2.27 bits per heavy atom. The minimum Gasteiger partial charge on any atom is -0.383 e. The van der Waals surface area contributed by atoms with Gasteiger partial charge in [-0.1, -0.05) is 0 Å². The first kappa shape index (κ1) is 12.4. The zero-order valence-electron chi connectivity index (χ0n) is 9.58. The highest BCUT2D eigenvalue weighted by Gasteiger charge is 2.30. The Hall–Kier alpha value is -0.650. The first-order valence-corrected chi connectivity index (χ1v) is 5.19. The number of hydrogen-bond donors (Lipinski definition) is 2. The third-order valence-electron chi connectivity index (χ3n) is 2.65. The molecule has 5 heteroatoms. The van der Waals surface area contributed by atoms with E-state index in [1.54, 1.807) is 14.2 Å². The number of carbonyl (C=O) groups excluding carboxylic acids is 1. The molecule has 0 radical (unpaired) electrons. The number of nitrogens with one attached hydrogen (secondary N) is 2. The van der Waals surface area contributed by atoms with Crippen molar-refractivity contribution in [1.29, 1.82) is 0 Å². The summed E-state index contributed by atoms with van der Waals surface area (Å²) in [7, 11) is 3.34. The lowest BCUT2D eigenvalue weighted by Gasteiger charge is -2.36. The lowest BCUT2D eigenvalue weighted by atomic mass is 9.97. The summed E-state index contributed by atoms with van der Waals surface area (Å²) < 4.78 is 10.4. The van der Waals surface area contributed by atoms with E-state index in [4.69, 9.17) is 9.47 Å². The fourth-order valence-corrected chi connectivity index (χ4v) is 1.96. The molecular weight excluding hydrogens is 196 g/mol. The van der Waals surface area contributed by atoms with Crippen LogP contribution in [-0.2, 0) is 14.3 Å². The zero-order valence-corrected chi connectivity index (χ0v) is 9.58. The van der Waals surface area contributed by atoms with Gasteiger partial charge in [-0.3, -0.25) is 4.79 Å². The van der Waals surface area contributed by atoms with Gasteiger partial charge in [0.05, 0.1) is 18.8 Å². The van der Waals surface area contributed by atoms with E-state index in [1.165, 1.54) is 6.92 Å². The van der Waals surface area contributed by atoms with Crippen LogP contribution in [0.3, 0.4) is 0 Å². The second-order valence-corrected chi connectivity index (χ2v) is 3.88. The molecule has 3 atom stereocenters. The van der Waals surface area contributed by atoms with Crippen molar-refractivity contribution in [2.45, 2.75) is 31.5 Å². The van der Waals surface area contributed by atoms with Crippen LogP contribution in [0.15, 0.2) is 0 Å². The van der Waals surface area contributed by atoms with Crippen molar-refractivity contribution in [2.75, 3.05) is 27.4 Å². The first-order chi connectivity index (χ1) is 7.17. The SMILES string of the molecule is COC[C@H]1C[C@H](NC(C)=O)[C@H](OC)CN1. The second-order valence-electron chi connectivity index (χ2n) is 3.88. The molecule has 1 rings (SSSR count). The standard InChI is InChI=1S/C10H20N2O3/c1-7(13)12-9-4-8(6-14-2)11-5-10(9)15-3/h8-11H,4-6H2,1-3H3,(H,12,13)/t8-,9+,10-/m1/s1. The van der Waals surface area contributed by atoms with E-state index < -0.39 is 0 Å². The molecule has 2 N–H and O–H groups in total. The monoisotopic (exact) mass is 216 g/mol. The van der Waals surface area contributed by atoms with E-state index in [-0.39, 0.29) is 18.1 Å². The summed E-state index contributed by atoms with van der Waals surface area (Å²) >= 11 is 0. The van der Waals surface area contributed by atoms with Gasteiger partial charge in [0.2, 0.25) is 5.91 Å². The van der Waals surface area contributed by atoms with Gasteiger partial charge in [0, 0.05) is 33.7 Å². The van der Waals surface area contributed by atoms with Crippen molar-refractivity contribution in [3.8, 4) is 0 Å². The van der Waals surface area contributed by atoms with Crippen LogP contribution in [-0.4, -0.2) is 51.5 Å². The van der Waals surface area contributed by atoms with Crippen LogP contribution >= 0.6 is 0 Å². The molecule has 1 heterocycles. The molecule has 0 bridgehead atoms. The highest BCUT2D eigenvalue weighted by atomic mass is 16.5. The van der Waals surface area contributed by atoms with Gasteiger partial charge in [-0.2, -0.15) is 0 Å². The summed E-state index contributed by atoms with van der Waals surface area (Å²) in [6.07, 6.45) is 0.883. The molecule has 0 spiro atoms. The van der Waals surface area contributed by atoms with Gasteiger partial charge in [-0.25, -0.2) is 0 Å². The maximum absolute atomic E-state index is 11.0. The van der Waals surface area contributed by atoms with Gasteiger partial charge in [-0.05, 0) is 6.42 Å². The first-order valence-electron chi connectivity index (χ1n) is 5.19. The number of amides is 1. The Bertz CT molecular complexity index is 211. The summed E-state index contributed by atoms with van der Waals surface area (Å²) in [5.74, 6) is -0.0138. The summed E-state index contributed by atoms with van der Waals surface area (Å²) in [5, 5.41) is 6.23. The Kier molecular flexibility index (Phi) is 5.01. The van der Waals surface area contributed by atoms with E-state index >= 15 is 0 Å². The van der Waals surface area contributed by atoms with E-state index in [0.717, 1.165) is 13.0 Å². The van der Waals surface area contributed by atoms with Crippen molar-refractivity contribution >= 4 is 5.91 Å². The molecule has 5 nitrogen and oxygen atoms in total.